The molecule has 0 unspecified atom stereocenters. The van der Waals surface area contributed by atoms with E-state index in [2.05, 4.69) is 50.4 Å². The Morgan fingerprint density at radius 3 is 2.67 bits per heavy atom. The molecule has 1 N–H and O–H groups in total. The van der Waals surface area contributed by atoms with Gasteiger partial charge in [-0.15, -0.1) is 0 Å². The van der Waals surface area contributed by atoms with Crippen molar-refractivity contribution in [3.05, 3.63) is 29.8 Å². The van der Waals surface area contributed by atoms with Gasteiger partial charge < -0.3 is 10.1 Å². The summed E-state index contributed by atoms with van der Waals surface area (Å²) < 4.78 is 5.60. The van der Waals surface area contributed by atoms with Gasteiger partial charge in [0, 0.05) is 18.8 Å². The highest BCUT2D eigenvalue weighted by atomic mass is 16.5. The summed E-state index contributed by atoms with van der Waals surface area (Å²) in [7, 11) is 0. The fraction of sp³-hybridized carbons (Fsp3) is 0.625. The van der Waals surface area contributed by atoms with Crippen LogP contribution >= 0.6 is 0 Å². The van der Waals surface area contributed by atoms with E-state index in [0.717, 1.165) is 38.5 Å². The Morgan fingerprint density at radius 2 is 1.94 bits per heavy atom. The molecule has 18 heavy (non-hydrogen) atoms. The maximum atomic E-state index is 5.60. The predicted molar refractivity (Wildman–Crippen MR) is 79.2 cm³/mol. The molecule has 2 nitrogen and oxygen atoms in total. The molecular weight excluding hydrogens is 222 g/mol. The smallest absolute Gasteiger partial charge is 0.0639 e. The molecule has 1 aromatic rings. The molecule has 0 spiro atoms. The summed E-state index contributed by atoms with van der Waals surface area (Å²) in [5, 5.41) is 3.46. The van der Waals surface area contributed by atoms with Crippen LogP contribution in [0.5, 0.6) is 0 Å². The summed E-state index contributed by atoms with van der Waals surface area (Å²) in [5.74, 6) is 0.725. The van der Waals surface area contributed by atoms with Crippen LogP contribution in [-0.2, 0) is 11.2 Å². The molecule has 0 aliphatic carbocycles. The van der Waals surface area contributed by atoms with Crippen LogP contribution in [0.15, 0.2) is 24.3 Å². The first-order valence-electron chi connectivity index (χ1n) is 7.13. The Kier molecular flexibility index (Phi) is 7.51. The summed E-state index contributed by atoms with van der Waals surface area (Å²) in [5.41, 5.74) is 2.66. The van der Waals surface area contributed by atoms with Gasteiger partial charge in [0.25, 0.3) is 0 Å². The van der Waals surface area contributed by atoms with Crippen LogP contribution in [0.3, 0.4) is 0 Å². The molecule has 0 saturated carbocycles. The molecular formula is C16H27NO. The van der Waals surface area contributed by atoms with Crippen LogP contribution in [0.1, 0.15) is 39.2 Å². The zero-order valence-corrected chi connectivity index (χ0v) is 12.0. The third-order valence-electron chi connectivity index (χ3n) is 2.94. The first-order chi connectivity index (χ1) is 8.74. The molecule has 0 aromatic heterocycles. The van der Waals surface area contributed by atoms with E-state index >= 15 is 0 Å². The molecule has 0 fully saturated rings. The highest BCUT2D eigenvalue weighted by molar-refractivity contribution is 5.51. The van der Waals surface area contributed by atoms with Crippen molar-refractivity contribution in [3.8, 4) is 0 Å². The Bertz CT molecular complexity index is 323. The van der Waals surface area contributed by atoms with Gasteiger partial charge in [0.05, 0.1) is 6.61 Å². The fourth-order valence-corrected chi connectivity index (χ4v) is 1.86. The molecule has 0 amide bonds. The van der Waals surface area contributed by atoms with E-state index in [4.69, 9.17) is 4.74 Å². The van der Waals surface area contributed by atoms with Crippen molar-refractivity contribution in [2.45, 2.75) is 40.0 Å². The van der Waals surface area contributed by atoms with Gasteiger partial charge in [0.2, 0.25) is 0 Å². The Balaban J connectivity index is 2.22. The van der Waals surface area contributed by atoms with E-state index in [-0.39, 0.29) is 0 Å². The van der Waals surface area contributed by atoms with Crippen molar-refractivity contribution in [2.75, 3.05) is 25.1 Å². The van der Waals surface area contributed by atoms with Crippen molar-refractivity contribution in [2.24, 2.45) is 5.92 Å². The third kappa shape index (κ3) is 6.06. The number of rotatable bonds is 9. The van der Waals surface area contributed by atoms with Gasteiger partial charge >= 0.3 is 0 Å². The van der Waals surface area contributed by atoms with Crippen molar-refractivity contribution in [1.29, 1.82) is 0 Å². The van der Waals surface area contributed by atoms with Crippen LogP contribution in [0.4, 0.5) is 5.69 Å². The molecule has 0 radical (unpaired) electrons. The number of nitrogens with one attached hydrogen (secondary N) is 1. The Labute approximate surface area is 112 Å². The van der Waals surface area contributed by atoms with Gasteiger partial charge in [-0.05, 0) is 30.4 Å². The number of para-hydroxylation sites is 1. The molecule has 0 atom stereocenters. The van der Waals surface area contributed by atoms with Crippen LogP contribution in [-0.4, -0.2) is 19.8 Å². The minimum Gasteiger partial charge on any atom is -0.383 e. The predicted octanol–water partition coefficient (Wildman–Crippen LogP) is 4.11. The molecule has 1 aromatic carbocycles. The summed E-state index contributed by atoms with van der Waals surface area (Å²) in [6.45, 7) is 9.21. The standard InChI is InChI=1S/C16H27NO/c1-4-7-15-8-5-6-9-16(15)17-11-13-18-12-10-14(2)3/h5-6,8-9,14,17H,4,7,10-13H2,1-3H3. The van der Waals surface area contributed by atoms with Gasteiger partial charge in [-0.3, -0.25) is 0 Å². The van der Waals surface area contributed by atoms with Crippen LogP contribution in [0, 0.1) is 5.92 Å². The molecule has 0 bridgehead atoms. The van der Waals surface area contributed by atoms with Gasteiger partial charge in [0.15, 0.2) is 0 Å². The minimum atomic E-state index is 0.725. The van der Waals surface area contributed by atoms with E-state index in [9.17, 15) is 0 Å². The SMILES string of the molecule is CCCc1ccccc1NCCOCCC(C)C. The number of ether oxygens (including phenoxy) is 1. The monoisotopic (exact) mass is 249 g/mol. The molecule has 102 valence electrons. The van der Waals surface area contributed by atoms with E-state index in [1.807, 2.05) is 0 Å². The number of anilines is 1. The second-order valence-electron chi connectivity index (χ2n) is 5.13. The lowest BCUT2D eigenvalue weighted by atomic mass is 10.1. The molecule has 0 heterocycles. The van der Waals surface area contributed by atoms with Gasteiger partial charge in [0.1, 0.15) is 0 Å². The quantitative estimate of drug-likeness (QED) is 0.665. The second kappa shape index (κ2) is 8.98. The van der Waals surface area contributed by atoms with Gasteiger partial charge in [-0.25, -0.2) is 0 Å². The van der Waals surface area contributed by atoms with Crippen molar-refractivity contribution < 1.29 is 4.74 Å². The van der Waals surface area contributed by atoms with Crippen LogP contribution in [0.2, 0.25) is 0 Å². The lowest BCUT2D eigenvalue weighted by molar-refractivity contribution is 0.132. The summed E-state index contributed by atoms with van der Waals surface area (Å²) >= 11 is 0. The maximum Gasteiger partial charge on any atom is 0.0639 e. The second-order valence-corrected chi connectivity index (χ2v) is 5.13. The number of hydrogen-bond acceptors (Lipinski definition) is 2. The van der Waals surface area contributed by atoms with Crippen LogP contribution in [0.25, 0.3) is 0 Å². The largest absolute Gasteiger partial charge is 0.383 e. The topological polar surface area (TPSA) is 21.3 Å². The maximum absolute atomic E-state index is 5.60. The first kappa shape index (κ1) is 15.0. The zero-order valence-electron chi connectivity index (χ0n) is 12.0. The molecule has 1 rings (SSSR count). The Hall–Kier alpha value is -1.02. The van der Waals surface area contributed by atoms with Crippen molar-refractivity contribution in [3.63, 3.8) is 0 Å². The van der Waals surface area contributed by atoms with Crippen molar-refractivity contribution in [1.82, 2.24) is 0 Å². The summed E-state index contributed by atoms with van der Waals surface area (Å²) in [6.07, 6.45) is 3.47. The average Bonchev–Trinajstić information content (AvgIpc) is 2.35. The zero-order chi connectivity index (χ0) is 13.2. The van der Waals surface area contributed by atoms with Gasteiger partial charge in [-0.2, -0.15) is 0 Å². The summed E-state index contributed by atoms with van der Waals surface area (Å²) in [4.78, 5) is 0. The van der Waals surface area contributed by atoms with E-state index < -0.39 is 0 Å². The first-order valence-corrected chi connectivity index (χ1v) is 7.13. The fourth-order valence-electron chi connectivity index (χ4n) is 1.86. The molecule has 0 saturated heterocycles. The van der Waals surface area contributed by atoms with E-state index in [1.54, 1.807) is 0 Å². The lowest BCUT2D eigenvalue weighted by Crippen LogP contribution is -2.11. The third-order valence-corrected chi connectivity index (χ3v) is 2.94. The Morgan fingerprint density at radius 1 is 1.17 bits per heavy atom. The van der Waals surface area contributed by atoms with E-state index in [1.165, 1.54) is 17.7 Å². The number of hydrogen-bond donors (Lipinski definition) is 1. The normalized spacial score (nSPS) is 10.9. The summed E-state index contributed by atoms with van der Waals surface area (Å²) in [6, 6.07) is 8.54. The number of benzene rings is 1. The molecule has 0 aliphatic heterocycles. The van der Waals surface area contributed by atoms with Crippen molar-refractivity contribution >= 4 is 5.69 Å². The number of aryl methyl sites for hydroxylation is 1. The highest BCUT2D eigenvalue weighted by Gasteiger charge is 1.99. The van der Waals surface area contributed by atoms with E-state index in [0.29, 0.717) is 0 Å². The minimum absolute atomic E-state index is 0.725. The molecule has 2 heteroatoms. The van der Waals surface area contributed by atoms with Gasteiger partial charge in [-0.1, -0.05) is 45.4 Å². The average molecular weight is 249 g/mol. The molecule has 0 aliphatic rings. The van der Waals surface area contributed by atoms with Crippen LogP contribution < -0.4 is 5.32 Å². The highest BCUT2D eigenvalue weighted by Crippen LogP contribution is 2.16. The lowest BCUT2D eigenvalue weighted by Gasteiger charge is -2.12.